The molecule has 0 saturated heterocycles. The SMILES string of the molecule is CCC(=O)Nc1cncc(-c2ccc3[nH]nc(-c4nc5c(-c6ccc(Cl)s6)cccc5[nH]4)c3n2)c1. The van der Waals surface area contributed by atoms with Crippen LogP contribution in [-0.4, -0.2) is 36.0 Å². The van der Waals surface area contributed by atoms with E-state index >= 15 is 0 Å². The van der Waals surface area contributed by atoms with Gasteiger partial charge in [0.1, 0.15) is 5.52 Å². The third kappa shape index (κ3) is 3.94. The van der Waals surface area contributed by atoms with Crippen molar-refractivity contribution in [2.45, 2.75) is 13.3 Å². The Labute approximate surface area is 208 Å². The summed E-state index contributed by atoms with van der Waals surface area (Å²) in [5.41, 5.74) is 6.98. The van der Waals surface area contributed by atoms with Crippen LogP contribution in [0.2, 0.25) is 4.34 Å². The topological polar surface area (TPSA) is 112 Å². The second-order valence-electron chi connectivity index (χ2n) is 7.92. The molecule has 10 heteroatoms. The highest BCUT2D eigenvalue weighted by Crippen LogP contribution is 2.36. The number of hydrogen-bond donors (Lipinski definition) is 3. The van der Waals surface area contributed by atoms with Gasteiger partial charge in [-0.15, -0.1) is 11.3 Å². The lowest BCUT2D eigenvalue weighted by Gasteiger charge is -2.06. The number of rotatable bonds is 5. The molecular formula is C25H18ClN7OS. The van der Waals surface area contributed by atoms with Crippen LogP contribution in [-0.2, 0) is 4.79 Å². The van der Waals surface area contributed by atoms with Gasteiger partial charge in [0.25, 0.3) is 0 Å². The molecule has 0 aliphatic rings. The van der Waals surface area contributed by atoms with E-state index in [1.54, 1.807) is 19.3 Å². The van der Waals surface area contributed by atoms with E-state index in [1.165, 1.54) is 11.3 Å². The maximum Gasteiger partial charge on any atom is 0.224 e. The Hall–Kier alpha value is -4.08. The molecule has 0 bridgehead atoms. The van der Waals surface area contributed by atoms with Gasteiger partial charge in [-0.3, -0.25) is 14.9 Å². The van der Waals surface area contributed by atoms with E-state index in [2.05, 4.69) is 25.5 Å². The molecule has 0 fully saturated rings. The predicted molar refractivity (Wildman–Crippen MR) is 139 cm³/mol. The number of carbonyl (C=O) groups is 1. The van der Waals surface area contributed by atoms with Crippen molar-refractivity contribution in [2.75, 3.05) is 5.32 Å². The van der Waals surface area contributed by atoms with Crippen molar-refractivity contribution in [2.24, 2.45) is 0 Å². The summed E-state index contributed by atoms with van der Waals surface area (Å²) < 4.78 is 0.732. The van der Waals surface area contributed by atoms with Gasteiger partial charge in [0.15, 0.2) is 11.5 Å². The van der Waals surface area contributed by atoms with Gasteiger partial charge in [0, 0.05) is 28.6 Å². The van der Waals surface area contributed by atoms with E-state index in [1.807, 2.05) is 48.5 Å². The molecule has 5 aromatic heterocycles. The fraction of sp³-hybridized carbons (Fsp3) is 0.0800. The number of aromatic amines is 2. The average molecular weight is 500 g/mol. The van der Waals surface area contributed by atoms with Crippen LogP contribution >= 0.6 is 22.9 Å². The third-order valence-electron chi connectivity index (χ3n) is 5.62. The van der Waals surface area contributed by atoms with E-state index in [0.717, 1.165) is 36.9 Å². The smallest absolute Gasteiger partial charge is 0.224 e. The minimum Gasteiger partial charge on any atom is -0.336 e. The van der Waals surface area contributed by atoms with Gasteiger partial charge >= 0.3 is 0 Å². The molecule has 35 heavy (non-hydrogen) atoms. The molecule has 0 aliphatic carbocycles. The van der Waals surface area contributed by atoms with E-state index in [-0.39, 0.29) is 5.91 Å². The highest BCUT2D eigenvalue weighted by molar-refractivity contribution is 7.19. The first kappa shape index (κ1) is 21.5. The van der Waals surface area contributed by atoms with Gasteiger partial charge in [-0.1, -0.05) is 30.7 Å². The summed E-state index contributed by atoms with van der Waals surface area (Å²) in [5, 5.41) is 10.4. The minimum absolute atomic E-state index is 0.0708. The van der Waals surface area contributed by atoms with E-state index < -0.39 is 0 Å². The first-order valence-electron chi connectivity index (χ1n) is 10.9. The molecule has 6 aromatic rings. The van der Waals surface area contributed by atoms with Crippen molar-refractivity contribution in [1.82, 2.24) is 30.1 Å². The number of thiophene rings is 1. The number of imidazole rings is 1. The Bertz CT molecular complexity index is 1720. The number of nitrogens with one attached hydrogen (secondary N) is 3. The Morgan fingerprint density at radius 1 is 1.06 bits per heavy atom. The number of fused-ring (bicyclic) bond motifs is 2. The fourth-order valence-corrected chi connectivity index (χ4v) is 4.99. The van der Waals surface area contributed by atoms with Gasteiger partial charge in [-0.05, 0) is 36.4 Å². The van der Waals surface area contributed by atoms with Crippen LogP contribution in [0.25, 0.3) is 55.3 Å². The molecule has 1 amide bonds. The summed E-state index contributed by atoms with van der Waals surface area (Å²) >= 11 is 7.68. The Morgan fingerprint density at radius 3 is 2.80 bits per heavy atom. The highest BCUT2D eigenvalue weighted by Gasteiger charge is 2.17. The van der Waals surface area contributed by atoms with Crippen LogP contribution in [0.5, 0.6) is 0 Å². The Morgan fingerprint density at radius 2 is 1.97 bits per heavy atom. The van der Waals surface area contributed by atoms with E-state index in [0.29, 0.717) is 34.8 Å². The van der Waals surface area contributed by atoms with Crippen molar-refractivity contribution in [3.8, 4) is 33.2 Å². The maximum absolute atomic E-state index is 11.8. The van der Waals surface area contributed by atoms with Crippen molar-refractivity contribution in [3.05, 3.63) is 65.3 Å². The number of H-pyrrole nitrogens is 2. The zero-order valence-electron chi connectivity index (χ0n) is 18.5. The second kappa shape index (κ2) is 8.61. The number of carbonyl (C=O) groups excluding carboxylic acids is 1. The Kier molecular flexibility index (Phi) is 5.28. The second-order valence-corrected chi connectivity index (χ2v) is 9.63. The molecule has 1 aromatic carbocycles. The standard InChI is InChI=1S/C25H18ClN7OS/c1-2-21(34)28-14-10-13(11-27-12-14)16-6-7-18-23(29-16)24(33-32-18)25-30-17-5-3-4-15(22(17)31-25)19-8-9-20(26)35-19/h3-12H,2H2,1H3,(H,28,34)(H,30,31)(H,32,33). The monoisotopic (exact) mass is 499 g/mol. The van der Waals surface area contributed by atoms with Crippen molar-refractivity contribution in [1.29, 1.82) is 0 Å². The number of nitrogens with zero attached hydrogens (tertiary/aromatic N) is 4. The van der Waals surface area contributed by atoms with Gasteiger partial charge < -0.3 is 10.3 Å². The van der Waals surface area contributed by atoms with Gasteiger partial charge in [0.2, 0.25) is 5.91 Å². The number of para-hydroxylation sites is 1. The maximum atomic E-state index is 11.8. The number of amides is 1. The number of anilines is 1. The number of aromatic nitrogens is 6. The molecular weight excluding hydrogens is 482 g/mol. The Balaban J connectivity index is 1.43. The summed E-state index contributed by atoms with van der Waals surface area (Å²) in [7, 11) is 0. The molecule has 6 rings (SSSR count). The van der Waals surface area contributed by atoms with Crippen LogP contribution in [0.3, 0.4) is 0 Å². The van der Waals surface area contributed by atoms with Crippen LogP contribution < -0.4 is 5.32 Å². The summed E-state index contributed by atoms with van der Waals surface area (Å²) in [6.45, 7) is 1.80. The summed E-state index contributed by atoms with van der Waals surface area (Å²) in [4.78, 5) is 30.2. The van der Waals surface area contributed by atoms with E-state index in [9.17, 15) is 4.79 Å². The molecule has 0 atom stereocenters. The average Bonchev–Trinajstić information content (AvgIpc) is 3.61. The van der Waals surface area contributed by atoms with Crippen LogP contribution in [0.15, 0.2) is 60.9 Å². The van der Waals surface area contributed by atoms with Crippen molar-refractivity contribution >= 4 is 56.6 Å². The normalized spacial score (nSPS) is 11.4. The van der Waals surface area contributed by atoms with Gasteiger partial charge in [0.05, 0.1) is 38.5 Å². The first-order valence-corrected chi connectivity index (χ1v) is 12.1. The number of halogens is 1. The fourth-order valence-electron chi connectivity index (χ4n) is 3.92. The summed E-state index contributed by atoms with van der Waals surface area (Å²) in [6, 6.07) is 15.6. The zero-order chi connectivity index (χ0) is 23.9. The number of hydrogen-bond acceptors (Lipinski definition) is 6. The molecule has 0 saturated carbocycles. The van der Waals surface area contributed by atoms with Crippen molar-refractivity contribution in [3.63, 3.8) is 0 Å². The molecule has 5 heterocycles. The molecule has 172 valence electrons. The van der Waals surface area contributed by atoms with Crippen molar-refractivity contribution < 1.29 is 4.79 Å². The largest absolute Gasteiger partial charge is 0.336 e. The quantitative estimate of drug-likeness (QED) is 0.258. The van der Waals surface area contributed by atoms with E-state index in [4.69, 9.17) is 21.6 Å². The first-order chi connectivity index (χ1) is 17.1. The minimum atomic E-state index is -0.0708. The summed E-state index contributed by atoms with van der Waals surface area (Å²) in [6.07, 6.45) is 3.73. The van der Waals surface area contributed by atoms with Crippen LogP contribution in [0, 0.1) is 0 Å². The lowest BCUT2D eigenvalue weighted by molar-refractivity contribution is -0.115. The zero-order valence-corrected chi connectivity index (χ0v) is 20.0. The van der Waals surface area contributed by atoms with Crippen LogP contribution in [0.4, 0.5) is 5.69 Å². The molecule has 0 radical (unpaired) electrons. The highest BCUT2D eigenvalue weighted by atomic mass is 35.5. The van der Waals surface area contributed by atoms with Gasteiger partial charge in [-0.2, -0.15) is 5.10 Å². The number of benzene rings is 1. The number of pyridine rings is 2. The molecule has 0 unspecified atom stereocenters. The predicted octanol–water partition coefficient (Wildman–Crippen LogP) is 6.29. The lowest BCUT2D eigenvalue weighted by Crippen LogP contribution is -2.09. The molecule has 3 N–H and O–H groups in total. The summed E-state index contributed by atoms with van der Waals surface area (Å²) in [5.74, 6) is 0.548. The third-order valence-corrected chi connectivity index (χ3v) is 6.89. The van der Waals surface area contributed by atoms with Gasteiger partial charge in [-0.25, -0.2) is 9.97 Å². The lowest BCUT2D eigenvalue weighted by atomic mass is 10.1. The van der Waals surface area contributed by atoms with Crippen LogP contribution in [0.1, 0.15) is 13.3 Å². The molecule has 0 aliphatic heterocycles. The molecule has 0 spiro atoms. The molecule has 8 nitrogen and oxygen atoms in total.